The van der Waals surface area contributed by atoms with E-state index in [1.54, 1.807) is 41.3 Å². The molecule has 3 aromatic rings. The molecule has 1 heterocycles. The second-order valence-corrected chi connectivity index (χ2v) is 8.12. The van der Waals surface area contributed by atoms with Crippen molar-refractivity contribution in [2.45, 2.75) is 18.9 Å². The second-order valence-electron chi connectivity index (χ2n) is 8.12. The summed E-state index contributed by atoms with van der Waals surface area (Å²) >= 11 is 0. The van der Waals surface area contributed by atoms with Crippen molar-refractivity contribution in [3.05, 3.63) is 112 Å². The number of nitrogens with one attached hydrogen (secondary N) is 1. The lowest BCUT2D eigenvalue weighted by Crippen LogP contribution is -2.42. The molecule has 7 nitrogen and oxygen atoms in total. The first-order valence-corrected chi connectivity index (χ1v) is 10.8. The Balaban J connectivity index is 1.78. The Bertz CT molecular complexity index is 1290. The number of amides is 1. The SMILES string of the molecule is O=C1CCC=C2Nc3ccccc3N(C(=O)c3ccccc3)[C@@H](c3cccc([N+](=O)[O-])c3)[C@H]12. The van der Waals surface area contributed by atoms with Crippen molar-refractivity contribution in [3.8, 4) is 0 Å². The Morgan fingerprint density at radius 1 is 1.00 bits per heavy atom. The van der Waals surface area contributed by atoms with Crippen molar-refractivity contribution < 1.29 is 14.5 Å². The highest BCUT2D eigenvalue weighted by atomic mass is 16.6. The van der Waals surface area contributed by atoms with Crippen LogP contribution in [-0.4, -0.2) is 16.6 Å². The smallest absolute Gasteiger partial charge is 0.269 e. The second kappa shape index (κ2) is 8.35. The van der Waals surface area contributed by atoms with Crippen LogP contribution >= 0.6 is 0 Å². The number of nitro groups is 1. The van der Waals surface area contributed by atoms with E-state index in [9.17, 15) is 19.7 Å². The van der Waals surface area contributed by atoms with Crippen LogP contribution in [0.4, 0.5) is 17.1 Å². The molecule has 0 saturated carbocycles. The Kier molecular flexibility index (Phi) is 5.22. The summed E-state index contributed by atoms with van der Waals surface area (Å²) in [5.74, 6) is -0.947. The van der Waals surface area contributed by atoms with E-state index < -0.39 is 16.9 Å². The monoisotopic (exact) mass is 439 g/mol. The summed E-state index contributed by atoms with van der Waals surface area (Å²) in [6.45, 7) is 0. The average Bonchev–Trinajstić information content (AvgIpc) is 2.99. The minimum atomic E-state index is -0.743. The number of fused-ring (bicyclic) bond motifs is 2. The number of carbonyl (C=O) groups excluding carboxylic acids is 2. The van der Waals surface area contributed by atoms with Crippen molar-refractivity contribution in [2.24, 2.45) is 5.92 Å². The number of Topliss-reactive ketones (excluding diaryl/α,β-unsaturated/α-hetero) is 1. The number of anilines is 2. The van der Waals surface area contributed by atoms with Gasteiger partial charge in [-0.3, -0.25) is 24.6 Å². The van der Waals surface area contributed by atoms with Crippen LogP contribution in [0.3, 0.4) is 0 Å². The summed E-state index contributed by atoms with van der Waals surface area (Å²) in [4.78, 5) is 39.9. The fourth-order valence-electron chi connectivity index (χ4n) is 4.66. The van der Waals surface area contributed by atoms with Gasteiger partial charge in [0.15, 0.2) is 0 Å². The highest BCUT2D eigenvalue weighted by Gasteiger charge is 2.44. The van der Waals surface area contributed by atoms with Gasteiger partial charge in [-0.25, -0.2) is 0 Å². The Hall–Kier alpha value is -4.26. The van der Waals surface area contributed by atoms with E-state index in [2.05, 4.69) is 5.32 Å². The summed E-state index contributed by atoms with van der Waals surface area (Å²) < 4.78 is 0. The maximum Gasteiger partial charge on any atom is 0.269 e. The van der Waals surface area contributed by atoms with E-state index in [1.807, 2.05) is 36.4 Å². The van der Waals surface area contributed by atoms with Crippen molar-refractivity contribution in [1.82, 2.24) is 0 Å². The van der Waals surface area contributed by atoms with E-state index in [1.165, 1.54) is 12.1 Å². The number of hydrogen-bond donors (Lipinski definition) is 1. The molecule has 164 valence electrons. The molecule has 33 heavy (non-hydrogen) atoms. The summed E-state index contributed by atoms with van der Waals surface area (Å²) in [5, 5.41) is 14.9. The Labute approximate surface area is 190 Å². The average molecular weight is 439 g/mol. The van der Waals surface area contributed by atoms with Gasteiger partial charge in [0.05, 0.1) is 28.3 Å². The number of carbonyl (C=O) groups is 2. The molecule has 0 fully saturated rings. The third kappa shape index (κ3) is 3.67. The summed E-state index contributed by atoms with van der Waals surface area (Å²) in [7, 11) is 0. The van der Waals surface area contributed by atoms with Gasteiger partial charge in [0.1, 0.15) is 5.78 Å². The fourth-order valence-corrected chi connectivity index (χ4v) is 4.66. The van der Waals surface area contributed by atoms with Crippen LogP contribution in [0, 0.1) is 16.0 Å². The molecule has 2 atom stereocenters. The fraction of sp³-hybridized carbons (Fsp3) is 0.154. The van der Waals surface area contributed by atoms with Crippen molar-refractivity contribution in [1.29, 1.82) is 0 Å². The summed E-state index contributed by atoms with van der Waals surface area (Å²) in [6.07, 6.45) is 2.95. The van der Waals surface area contributed by atoms with Gasteiger partial charge in [-0.15, -0.1) is 0 Å². The van der Waals surface area contributed by atoms with Crippen molar-refractivity contribution in [3.63, 3.8) is 0 Å². The van der Waals surface area contributed by atoms with Crippen LogP contribution in [0.1, 0.15) is 34.8 Å². The molecule has 0 radical (unpaired) electrons. The number of nitro benzene ring substituents is 1. The van der Waals surface area contributed by atoms with Gasteiger partial charge in [0, 0.05) is 29.8 Å². The topological polar surface area (TPSA) is 92.6 Å². The predicted octanol–water partition coefficient (Wildman–Crippen LogP) is 5.27. The lowest BCUT2D eigenvalue weighted by molar-refractivity contribution is -0.384. The predicted molar refractivity (Wildman–Crippen MR) is 125 cm³/mol. The number of rotatable bonds is 3. The minimum Gasteiger partial charge on any atom is -0.357 e. The number of hydrogen-bond acceptors (Lipinski definition) is 5. The molecule has 0 unspecified atom stereocenters. The molecule has 2 aliphatic rings. The zero-order valence-electron chi connectivity index (χ0n) is 17.7. The largest absolute Gasteiger partial charge is 0.357 e. The number of benzene rings is 3. The van der Waals surface area contributed by atoms with Crippen LogP contribution in [-0.2, 0) is 4.79 Å². The zero-order valence-corrected chi connectivity index (χ0v) is 17.7. The van der Waals surface area contributed by atoms with Gasteiger partial charge in [-0.1, -0.05) is 48.5 Å². The van der Waals surface area contributed by atoms with Crippen molar-refractivity contribution >= 4 is 28.8 Å². The molecular weight excluding hydrogens is 418 g/mol. The van der Waals surface area contributed by atoms with Gasteiger partial charge in [0.25, 0.3) is 11.6 Å². The molecular formula is C26H21N3O4. The highest BCUT2D eigenvalue weighted by Crippen LogP contribution is 2.46. The number of allylic oxidation sites excluding steroid dienone is 1. The first-order valence-electron chi connectivity index (χ1n) is 10.8. The quantitative estimate of drug-likeness (QED) is 0.443. The van der Waals surface area contributed by atoms with Crippen LogP contribution in [0.5, 0.6) is 0 Å². The van der Waals surface area contributed by atoms with Crippen LogP contribution in [0.15, 0.2) is 90.6 Å². The van der Waals surface area contributed by atoms with E-state index in [-0.39, 0.29) is 17.4 Å². The minimum absolute atomic E-state index is 0.00447. The third-order valence-corrected chi connectivity index (χ3v) is 6.14. The molecule has 1 aliphatic heterocycles. The van der Waals surface area contributed by atoms with Gasteiger partial charge < -0.3 is 5.32 Å². The molecule has 0 spiro atoms. The van der Waals surface area contributed by atoms with E-state index >= 15 is 0 Å². The van der Waals surface area contributed by atoms with Crippen molar-refractivity contribution in [2.75, 3.05) is 10.2 Å². The molecule has 0 bridgehead atoms. The lowest BCUT2D eigenvalue weighted by atomic mass is 9.81. The number of nitrogens with zero attached hydrogens (tertiary/aromatic N) is 2. The Morgan fingerprint density at radius 2 is 1.76 bits per heavy atom. The first-order chi connectivity index (χ1) is 16.0. The molecule has 0 saturated heterocycles. The first kappa shape index (κ1) is 20.6. The highest BCUT2D eigenvalue weighted by molar-refractivity contribution is 6.09. The molecule has 5 rings (SSSR count). The number of ketones is 1. The molecule has 3 aromatic carbocycles. The van der Waals surface area contributed by atoms with Gasteiger partial charge in [0.2, 0.25) is 0 Å². The lowest BCUT2D eigenvalue weighted by Gasteiger charge is -2.36. The van der Waals surface area contributed by atoms with E-state index in [0.29, 0.717) is 35.3 Å². The molecule has 1 amide bonds. The van der Waals surface area contributed by atoms with Crippen LogP contribution in [0.2, 0.25) is 0 Å². The number of para-hydroxylation sites is 2. The van der Waals surface area contributed by atoms with E-state index in [0.717, 1.165) is 5.70 Å². The van der Waals surface area contributed by atoms with Crippen LogP contribution in [0.25, 0.3) is 0 Å². The Morgan fingerprint density at radius 3 is 2.55 bits per heavy atom. The summed E-state index contributed by atoms with van der Waals surface area (Å²) in [6, 6.07) is 21.7. The maximum atomic E-state index is 13.9. The van der Waals surface area contributed by atoms with Gasteiger partial charge in [-0.2, -0.15) is 0 Å². The van der Waals surface area contributed by atoms with Gasteiger partial charge >= 0.3 is 0 Å². The van der Waals surface area contributed by atoms with Crippen LogP contribution < -0.4 is 10.2 Å². The summed E-state index contributed by atoms with van der Waals surface area (Å²) in [5.41, 5.74) is 2.97. The molecule has 1 aliphatic carbocycles. The number of non-ortho nitro benzene ring substituents is 1. The molecule has 1 N–H and O–H groups in total. The normalized spacial score (nSPS) is 19.5. The standard InChI is InChI=1S/C26H21N3O4/c30-23-15-7-13-21-24(23)25(18-10-6-11-19(16-18)29(32)33)28(22-14-5-4-12-20(22)27-21)26(31)17-8-2-1-3-9-17/h1-6,8-14,16,24-25,27H,7,15H2/t24-,25-/m0/s1. The maximum absolute atomic E-state index is 13.9. The molecule has 0 aromatic heterocycles. The third-order valence-electron chi connectivity index (χ3n) is 6.14. The van der Waals surface area contributed by atoms with Gasteiger partial charge in [-0.05, 0) is 36.2 Å². The van der Waals surface area contributed by atoms with E-state index in [4.69, 9.17) is 0 Å². The zero-order chi connectivity index (χ0) is 22.9. The molecule has 7 heteroatoms.